The van der Waals surface area contributed by atoms with Crippen molar-refractivity contribution in [2.24, 2.45) is 0 Å². The van der Waals surface area contributed by atoms with E-state index in [1.807, 2.05) is 0 Å². The van der Waals surface area contributed by atoms with Crippen LogP contribution >= 0.6 is 0 Å². The Bertz CT molecular complexity index is 3170. The predicted octanol–water partition coefficient (Wildman–Crippen LogP) is 16.5. The van der Waals surface area contributed by atoms with E-state index in [2.05, 4.69) is 214 Å². The lowest BCUT2D eigenvalue weighted by atomic mass is 9.35. The Balaban J connectivity index is 1.31. The minimum absolute atomic E-state index is 0.0247. The van der Waals surface area contributed by atoms with Crippen molar-refractivity contribution in [3.63, 3.8) is 0 Å². The number of rotatable bonds is 2. The largest absolute Gasteiger partial charge is 0.468 e. The summed E-state index contributed by atoms with van der Waals surface area (Å²) in [6.45, 7) is 46.0. The van der Waals surface area contributed by atoms with Crippen LogP contribution in [0.4, 0.5) is 34.1 Å². The summed E-state index contributed by atoms with van der Waals surface area (Å²) in [5, 5.41) is 1.23. The zero-order chi connectivity index (χ0) is 49.7. The lowest BCUT2D eigenvalue weighted by Crippen LogP contribution is -2.61. The summed E-state index contributed by atoms with van der Waals surface area (Å²) in [5.41, 5.74) is 25.4. The van der Waals surface area contributed by atoms with Gasteiger partial charge >= 0.3 is 0 Å². The van der Waals surface area contributed by atoms with E-state index >= 15 is 0 Å². The highest BCUT2D eigenvalue weighted by Gasteiger charge is 2.51. The summed E-state index contributed by atoms with van der Waals surface area (Å²) in [4.78, 5) is 5.37. The Morgan fingerprint density at radius 2 is 0.928 bits per heavy atom. The SMILES string of the molecule is Cc1cc(C(C)(C)C)ccc1N1c2cc(C(C)(C)C)cc3c2B(c2cc4c(cc2N3c2ccc3c(c2)C(C)(C)CCC3(C)C)C(C)(C)CCC4(C)C)c2oc3cc4c(cc3c21)C(C)(C)CCC4(C)C. The molecule has 1 aromatic heterocycles. The van der Waals surface area contributed by atoms with Gasteiger partial charge in [0.2, 0.25) is 0 Å². The van der Waals surface area contributed by atoms with E-state index in [0.717, 1.165) is 30.5 Å². The number of benzene rings is 5. The molecule has 0 atom stereocenters. The summed E-state index contributed by atoms with van der Waals surface area (Å²) in [6, 6.07) is 30.3. The Morgan fingerprint density at radius 1 is 0.449 bits per heavy atom. The second-order valence-electron chi connectivity index (χ2n) is 28.7. The third-order valence-electron chi connectivity index (χ3n) is 18.9. The molecule has 3 heterocycles. The van der Waals surface area contributed by atoms with Crippen LogP contribution in [0.25, 0.3) is 11.0 Å². The van der Waals surface area contributed by atoms with Gasteiger partial charge in [0.15, 0.2) is 0 Å². The number of anilines is 6. The van der Waals surface area contributed by atoms with Crippen molar-refractivity contribution in [1.29, 1.82) is 0 Å². The normalized spacial score (nSPS) is 20.9. The smallest absolute Gasteiger partial charge is 0.297 e. The molecule has 360 valence electrons. The molecule has 0 spiro atoms. The van der Waals surface area contributed by atoms with Gasteiger partial charge in [0.05, 0.1) is 11.3 Å². The van der Waals surface area contributed by atoms with Crippen LogP contribution in [0.1, 0.15) is 213 Å². The first-order chi connectivity index (χ1) is 31.8. The quantitative estimate of drug-likeness (QED) is 0.161. The molecule has 0 amide bonds. The first kappa shape index (κ1) is 46.7. The molecule has 5 aliphatic rings. The molecule has 2 aliphatic heterocycles. The van der Waals surface area contributed by atoms with Gasteiger partial charge in [-0.05, 0) is 198 Å². The number of hydrogen-bond acceptors (Lipinski definition) is 3. The lowest BCUT2D eigenvalue weighted by Gasteiger charge is -2.47. The van der Waals surface area contributed by atoms with E-state index in [0.29, 0.717) is 0 Å². The van der Waals surface area contributed by atoms with E-state index < -0.39 is 0 Å². The number of aryl methyl sites for hydroxylation is 1. The zero-order valence-corrected chi connectivity index (χ0v) is 46.1. The molecule has 11 rings (SSSR count). The van der Waals surface area contributed by atoms with Crippen LogP contribution in [0.5, 0.6) is 0 Å². The van der Waals surface area contributed by atoms with Crippen LogP contribution < -0.4 is 26.4 Å². The van der Waals surface area contributed by atoms with E-state index in [1.165, 1.54) is 120 Å². The van der Waals surface area contributed by atoms with Gasteiger partial charge in [-0.3, -0.25) is 0 Å². The molecule has 0 saturated carbocycles. The van der Waals surface area contributed by atoms with Gasteiger partial charge in [-0.25, -0.2) is 0 Å². The van der Waals surface area contributed by atoms with Gasteiger partial charge in [-0.1, -0.05) is 149 Å². The Labute approximate surface area is 416 Å². The molecule has 0 fully saturated rings. The molecule has 5 aromatic carbocycles. The number of hydrogen-bond donors (Lipinski definition) is 0. The Kier molecular flexibility index (Phi) is 9.64. The summed E-state index contributed by atoms with van der Waals surface area (Å²) in [5.74, 6) is 0. The van der Waals surface area contributed by atoms with Gasteiger partial charge in [0.1, 0.15) is 5.58 Å². The van der Waals surface area contributed by atoms with Crippen LogP contribution in [0, 0.1) is 6.92 Å². The van der Waals surface area contributed by atoms with E-state index in [-0.39, 0.29) is 50.0 Å². The van der Waals surface area contributed by atoms with Gasteiger partial charge in [-0.15, -0.1) is 0 Å². The zero-order valence-electron chi connectivity index (χ0n) is 46.1. The third kappa shape index (κ3) is 6.85. The van der Waals surface area contributed by atoms with E-state index in [9.17, 15) is 0 Å². The van der Waals surface area contributed by atoms with Crippen molar-refractivity contribution in [3.05, 3.63) is 123 Å². The van der Waals surface area contributed by atoms with Crippen molar-refractivity contribution >= 4 is 68.4 Å². The summed E-state index contributed by atoms with van der Waals surface area (Å²) in [7, 11) is 0. The van der Waals surface area contributed by atoms with Crippen LogP contribution in [0.2, 0.25) is 0 Å². The molecule has 4 heteroatoms. The van der Waals surface area contributed by atoms with Crippen molar-refractivity contribution in [2.45, 2.75) is 213 Å². The highest BCUT2D eigenvalue weighted by Crippen LogP contribution is 2.55. The maximum Gasteiger partial charge on any atom is 0.297 e. The summed E-state index contributed by atoms with van der Waals surface area (Å²) >= 11 is 0. The minimum Gasteiger partial charge on any atom is -0.468 e. The first-order valence-electron chi connectivity index (χ1n) is 26.7. The number of nitrogens with zero attached hydrogens (tertiary/aromatic N) is 2. The van der Waals surface area contributed by atoms with Crippen molar-refractivity contribution < 1.29 is 4.42 Å². The molecular formula is C65H81BN2O. The minimum atomic E-state index is -0.124. The summed E-state index contributed by atoms with van der Waals surface area (Å²) in [6.07, 6.45) is 7.03. The fourth-order valence-corrected chi connectivity index (χ4v) is 13.7. The van der Waals surface area contributed by atoms with Crippen LogP contribution in [0.3, 0.4) is 0 Å². The predicted molar refractivity (Wildman–Crippen MR) is 298 cm³/mol. The molecule has 69 heavy (non-hydrogen) atoms. The first-order valence-corrected chi connectivity index (χ1v) is 26.7. The Morgan fingerprint density at radius 3 is 1.46 bits per heavy atom. The van der Waals surface area contributed by atoms with Gasteiger partial charge in [0, 0.05) is 33.8 Å². The molecule has 0 unspecified atom stereocenters. The van der Waals surface area contributed by atoms with E-state index in [4.69, 9.17) is 4.42 Å². The summed E-state index contributed by atoms with van der Waals surface area (Å²) < 4.78 is 7.73. The molecular weight excluding hydrogens is 836 g/mol. The molecule has 0 saturated heterocycles. The molecule has 6 aromatic rings. The van der Waals surface area contributed by atoms with Crippen molar-refractivity contribution in [1.82, 2.24) is 0 Å². The maximum absolute atomic E-state index is 7.73. The maximum atomic E-state index is 7.73. The fourth-order valence-electron chi connectivity index (χ4n) is 13.7. The molecule has 0 bridgehead atoms. The van der Waals surface area contributed by atoms with E-state index in [1.54, 1.807) is 0 Å². The number of furan rings is 1. The lowest BCUT2D eigenvalue weighted by molar-refractivity contribution is 0.332. The average Bonchev–Trinajstić information content (AvgIpc) is 3.62. The monoisotopic (exact) mass is 917 g/mol. The Hall–Kier alpha value is -4.70. The molecule has 3 aliphatic carbocycles. The highest BCUT2D eigenvalue weighted by atomic mass is 16.3. The molecule has 3 nitrogen and oxygen atoms in total. The van der Waals surface area contributed by atoms with Crippen molar-refractivity contribution in [2.75, 3.05) is 9.80 Å². The third-order valence-corrected chi connectivity index (χ3v) is 18.9. The van der Waals surface area contributed by atoms with Crippen LogP contribution in [0.15, 0.2) is 77.2 Å². The molecule has 0 N–H and O–H groups in total. The fraction of sp³-hybridized carbons (Fsp3) is 0.508. The topological polar surface area (TPSA) is 19.6 Å². The molecule has 0 radical (unpaired) electrons. The second-order valence-corrected chi connectivity index (χ2v) is 28.7. The average molecular weight is 917 g/mol. The van der Waals surface area contributed by atoms with Gasteiger partial charge < -0.3 is 14.2 Å². The van der Waals surface area contributed by atoms with Gasteiger partial charge in [-0.2, -0.15) is 0 Å². The standard InChI is InChI=1S/C65H81BN2O/c1-38-30-39(58(2,3)4)20-23-50(38)68-53-32-40(59(5,6)7)31-52-55(53)66(57-56(68)42-34-45-48(37-54(42)69-57)65(18,19)29-26-62(45,12)13)49-35-46-47(64(16,17)28-27-63(46,14)15)36-51(49)67(52)41-21-22-43-44(33-41)61(10,11)25-24-60(43,8)9/h20-23,30-37H,24-29H2,1-19H3. The van der Waals surface area contributed by atoms with Crippen LogP contribution in [-0.2, 0) is 43.3 Å². The van der Waals surface area contributed by atoms with Gasteiger partial charge in [0.25, 0.3) is 6.71 Å². The number of fused-ring (bicyclic) bond motifs is 9. The van der Waals surface area contributed by atoms with Crippen molar-refractivity contribution in [3.8, 4) is 0 Å². The second kappa shape index (κ2) is 14.3. The van der Waals surface area contributed by atoms with Crippen LogP contribution in [-0.4, -0.2) is 6.71 Å². The highest BCUT2D eigenvalue weighted by molar-refractivity contribution is 7.00.